The van der Waals surface area contributed by atoms with E-state index in [1.807, 2.05) is 0 Å². The van der Waals surface area contributed by atoms with E-state index in [2.05, 4.69) is 10.1 Å². The average molecular weight is 284 g/mol. The molecule has 6 nitrogen and oxygen atoms in total. The van der Waals surface area contributed by atoms with Gasteiger partial charge in [-0.1, -0.05) is 32.1 Å². The first-order valence-electron chi connectivity index (χ1n) is 7.24. The van der Waals surface area contributed by atoms with Gasteiger partial charge in [0.05, 0.1) is 7.11 Å². The van der Waals surface area contributed by atoms with Gasteiger partial charge in [0.2, 0.25) is 12.3 Å². The normalized spacial score (nSPS) is 16.6. The first-order chi connectivity index (χ1) is 9.67. The van der Waals surface area contributed by atoms with Gasteiger partial charge in [0.25, 0.3) is 0 Å². The molecular formula is C14H24N2O4. The van der Waals surface area contributed by atoms with Crippen LogP contribution < -0.4 is 5.32 Å². The molecule has 3 amide bonds. The zero-order chi connectivity index (χ0) is 14.8. The molecule has 114 valence electrons. The number of nitrogens with zero attached hydrogens (tertiary/aromatic N) is 1. The summed E-state index contributed by atoms with van der Waals surface area (Å²) >= 11 is 0. The fraction of sp³-hybridized carbons (Fsp3) is 0.786. The summed E-state index contributed by atoms with van der Waals surface area (Å²) in [5.41, 5.74) is 0. The molecule has 1 aliphatic carbocycles. The highest BCUT2D eigenvalue weighted by Crippen LogP contribution is 2.25. The first-order valence-corrected chi connectivity index (χ1v) is 7.24. The molecular weight excluding hydrogens is 260 g/mol. The van der Waals surface area contributed by atoms with Crippen LogP contribution in [0, 0.1) is 5.92 Å². The molecule has 1 saturated carbocycles. The Morgan fingerprint density at radius 2 is 1.80 bits per heavy atom. The molecule has 6 heteroatoms. The van der Waals surface area contributed by atoms with E-state index in [0.29, 0.717) is 18.7 Å². The van der Waals surface area contributed by atoms with Gasteiger partial charge < -0.3 is 10.1 Å². The van der Waals surface area contributed by atoms with E-state index in [-0.39, 0.29) is 12.6 Å². The Kier molecular flexibility index (Phi) is 7.69. The van der Waals surface area contributed by atoms with E-state index in [9.17, 15) is 14.4 Å². The third-order valence-electron chi connectivity index (χ3n) is 3.71. The van der Waals surface area contributed by atoms with Crippen LogP contribution in [0.25, 0.3) is 0 Å². The number of alkyl carbamates (subject to hydrolysis) is 1. The third-order valence-corrected chi connectivity index (χ3v) is 3.71. The number of imide groups is 1. The lowest BCUT2D eigenvalue weighted by molar-refractivity contribution is -0.139. The number of ether oxygens (including phenoxy) is 1. The molecule has 0 bridgehead atoms. The topological polar surface area (TPSA) is 75.7 Å². The van der Waals surface area contributed by atoms with E-state index in [0.717, 1.165) is 30.6 Å². The number of amides is 3. The molecule has 1 N–H and O–H groups in total. The Morgan fingerprint density at radius 1 is 1.20 bits per heavy atom. The van der Waals surface area contributed by atoms with Gasteiger partial charge in [-0.2, -0.15) is 0 Å². The number of carbonyl (C=O) groups is 3. The summed E-state index contributed by atoms with van der Waals surface area (Å²) < 4.78 is 4.40. The lowest BCUT2D eigenvalue weighted by Gasteiger charge is -2.22. The lowest BCUT2D eigenvalue weighted by atomic mass is 9.88. The zero-order valence-electron chi connectivity index (χ0n) is 12.1. The van der Waals surface area contributed by atoms with Crippen LogP contribution in [0.4, 0.5) is 4.79 Å². The van der Waals surface area contributed by atoms with Crippen molar-refractivity contribution < 1.29 is 19.1 Å². The highest BCUT2D eigenvalue weighted by molar-refractivity contribution is 5.86. The number of hydrogen-bond acceptors (Lipinski definition) is 4. The van der Waals surface area contributed by atoms with Gasteiger partial charge >= 0.3 is 6.09 Å². The monoisotopic (exact) mass is 284 g/mol. The van der Waals surface area contributed by atoms with E-state index < -0.39 is 6.09 Å². The number of nitrogens with one attached hydrogen (secondary N) is 1. The maximum absolute atomic E-state index is 12.0. The molecule has 0 spiro atoms. The number of methoxy groups -OCH3 is 1. The van der Waals surface area contributed by atoms with Crippen molar-refractivity contribution in [3.63, 3.8) is 0 Å². The second-order valence-electron chi connectivity index (χ2n) is 5.21. The molecule has 0 radical (unpaired) electrons. The Bertz CT molecular complexity index is 325. The van der Waals surface area contributed by atoms with Crippen LogP contribution in [0.15, 0.2) is 0 Å². The van der Waals surface area contributed by atoms with Gasteiger partial charge in [0, 0.05) is 6.42 Å². The summed E-state index contributed by atoms with van der Waals surface area (Å²) in [5.74, 6) is 0.116. The second-order valence-corrected chi connectivity index (χ2v) is 5.21. The summed E-state index contributed by atoms with van der Waals surface area (Å²) in [7, 11) is 1.23. The van der Waals surface area contributed by atoms with Crippen LogP contribution >= 0.6 is 0 Å². The van der Waals surface area contributed by atoms with Crippen molar-refractivity contribution in [2.75, 3.05) is 13.8 Å². The number of carbonyl (C=O) groups excluding carboxylic acids is 3. The highest BCUT2D eigenvalue weighted by atomic mass is 16.5. The van der Waals surface area contributed by atoms with Crippen molar-refractivity contribution in [1.82, 2.24) is 10.2 Å². The average Bonchev–Trinajstić information content (AvgIpc) is 2.42. The van der Waals surface area contributed by atoms with Crippen molar-refractivity contribution in [2.45, 2.75) is 51.4 Å². The van der Waals surface area contributed by atoms with Gasteiger partial charge in [-0.05, 0) is 18.8 Å². The van der Waals surface area contributed by atoms with Crippen molar-refractivity contribution in [3.8, 4) is 0 Å². The largest absolute Gasteiger partial charge is 0.453 e. The van der Waals surface area contributed by atoms with E-state index >= 15 is 0 Å². The first kappa shape index (κ1) is 16.5. The summed E-state index contributed by atoms with van der Waals surface area (Å²) in [6.07, 6.45) is 8.31. The second kappa shape index (κ2) is 9.34. The van der Waals surface area contributed by atoms with Gasteiger partial charge in [0.1, 0.15) is 6.67 Å². The molecule has 1 fully saturated rings. The van der Waals surface area contributed by atoms with Crippen molar-refractivity contribution in [3.05, 3.63) is 0 Å². The molecule has 0 aromatic rings. The predicted molar refractivity (Wildman–Crippen MR) is 73.7 cm³/mol. The quantitative estimate of drug-likeness (QED) is 0.619. The Morgan fingerprint density at radius 3 is 2.35 bits per heavy atom. The number of hydrogen-bond donors (Lipinski definition) is 1. The fourth-order valence-electron chi connectivity index (χ4n) is 2.52. The third kappa shape index (κ3) is 6.04. The molecule has 0 unspecified atom stereocenters. The van der Waals surface area contributed by atoms with Crippen molar-refractivity contribution in [2.24, 2.45) is 5.92 Å². The Labute approximate surface area is 119 Å². The Hall–Kier alpha value is -1.59. The van der Waals surface area contributed by atoms with E-state index in [1.54, 1.807) is 0 Å². The van der Waals surface area contributed by atoms with Gasteiger partial charge in [-0.15, -0.1) is 0 Å². The van der Waals surface area contributed by atoms with Gasteiger partial charge in [-0.3, -0.25) is 14.5 Å². The van der Waals surface area contributed by atoms with Crippen molar-refractivity contribution >= 4 is 18.4 Å². The summed E-state index contributed by atoms with van der Waals surface area (Å²) in [6, 6.07) is 0. The molecule has 0 aliphatic heterocycles. The fourth-order valence-corrected chi connectivity index (χ4v) is 2.52. The van der Waals surface area contributed by atoms with Crippen molar-refractivity contribution in [1.29, 1.82) is 0 Å². The predicted octanol–water partition coefficient (Wildman–Crippen LogP) is 2.04. The van der Waals surface area contributed by atoms with Gasteiger partial charge in [0.15, 0.2) is 0 Å². The molecule has 1 aliphatic rings. The maximum atomic E-state index is 12.0. The van der Waals surface area contributed by atoms with Crippen LogP contribution in [0.2, 0.25) is 0 Å². The summed E-state index contributed by atoms with van der Waals surface area (Å²) in [4.78, 5) is 34.9. The van der Waals surface area contributed by atoms with Crippen LogP contribution in [0.3, 0.4) is 0 Å². The van der Waals surface area contributed by atoms with Crippen LogP contribution in [0.1, 0.15) is 51.4 Å². The smallest absolute Gasteiger partial charge is 0.408 e. The minimum absolute atomic E-state index is 0.137. The summed E-state index contributed by atoms with van der Waals surface area (Å²) in [6.45, 7) is -0.137. The van der Waals surface area contributed by atoms with Crippen LogP contribution in [-0.4, -0.2) is 37.1 Å². The maximum Gasteiger partial charge on any atom is 0.408 e. The molecule has 0 aromatic heterocycles. The minimum atomic E-state index is -0.657. The van der Waals surface area contributed by atoms with E-state index in [4.69, 9.17) is 0 Å². The van der Waals surface area contributed by atoms with Crippen LogP contribution in [-0.2, 0) is 14.3 Å². The van der Waals surface area contributed by atoms with Crippen LogP contribution in [0.5, 0.6) is 0 Å². The molecule has 0 heterocycles. The zero-order valence-corrected chi connectivity index (χ0v) is 12.1. The molecule has 1 rings (SSSR count). The highest BCUT2D eigenvalue weighted by Gasteiger charge is 2.20. The molecule has 0 saturated heterocycles. The van der Waals surface area contributed by atoms with E-state index in [1.165, 1.54) is 26.4 Å². The minimum Gasteiger partial charge on any atom is -0.453 e. The Balaban J connectivity index is 2.40. The number of rotatable bonds is 5. The SMILES string of the molecule is COC(=O)NCN(C=O)C(=O)CC1CCCCCCC1. The molecule has 20 heavy (non-hydrogen) atoms. The lowest BCUT2D eigenvalue weighted by Crippen LogP contribution is -2.41. The molecule has 0 atom stereocenters. The molecule has 0 aromatic carbocycles. The van der Waals surface area contributed by atoms with Gasteiger partial charge in [-0.25, -0.2) is 4.79 Å². The standard InChI is InChI=1S/C14H24N2O4/c1-20-14(19)15-10-16(11-17)13(18)9-12-7-5-3-2-4-6-8-12/h11-12H,2-10H2,1H3,(H,15,19). The summed E-state index contributed by atoms with van der Waals surface area (Å²) in [5, 5.41) is 2.34.